The van der Waals surface area contributed by atoms with E-state index in [2.05, 4.69) is 34.7 Å². The molecule has 4 aromatic rings. The van der Waals surface area contributed by atoms with Gasteiger partial charge in [-0.25, -0.2) is 4.98 Å². The van der Waals surface area contributed by atoms with Crippen LogP contribution in [0.3, 0.4) is 0 Å². The summed E-state index contributed by atoms with van der Waals surface area (Å²) in [5.41, 5.74) is 4.60. The minimum atomic E-state index is -0.109. The highest BCUT2D eigenvalue weighted by Gasteiger charge is 2.12. The molecule has 0 aliphatic heterocycles. The highest BCUT2D eigenvalue weighted by molar-refractivity contribution is 7.13. The number of aromatic nitrogens is 1. The zero-order valence-electron chi connectivity index (χ0n) is 19.4. The fourth-order valence-electron chi connectivity index (χ4n) is 3.58. The summed E-state index contributed by atoms with van der Waals surface area (Å²) >= 11 is 1.49. The number of nitrogens with zero attached hydrogens (tertiary/aromatic N) is 1. The van der Waals surface area contributed by atoms with E-state index in [-0.39, 0.29) is 18.4 Å². The Kier molecular flexibility index (Phi) is 7.44. The average molecular weight is 474 g/mol. The predicted octanol–water partition coefficient (Wildman–Crippen LogP) is 6.18. The summed E-state index contributed by atoms with van der Waals surface area (Å²) in [6, 6.07) is 23.8. The Bertz CT molecular complexity index is 1240. The van der Waals surface area contributed by atoms with Crippen LogP contribution in [0.4, 0.5) is 11.4 Å². The molecule has 1 aromatic heterocycles. The lowest BCUT2D eigenvalue weighted by atomic mass is 10.1. The molecule has 174 valence electrons. The molecule has 0 spiro atoms. The number of hydrogen-bond donors (Lipinski definition) is 2. The van der Waals surface area contributed by atoms with E-state index in [1.807, 2.05) is 66.0 Å². The summed E-state index contributed by atoms with van der Waals surface area (Å²) in [6.07, 6.45) is 0.203. The second-order valence-corrected chi connectivity index (χ2v) is 8.65. The number of anilines is 2. The Morgan fingerprint density at radius 1 is 0.941 bits per heavy atom. The number of amides is 1. The number of carbonyl (C=O) groups excluding carboxylic acids is 1. The van der Waals surface area contributed by atoms with Gasteiger partial charge in [-0.1, -0.05) is 30.3 Å². The summed E-state index contributed by atoms with van der Waals surface area (Å²) in [5, 5.41) is 9.15. The van der Waals surface area contributed by atoms with Crippen LogP contribution in [-0.4, -0.2) is 25.1 Å². The van der Waals surface area contributed by atoms with Crippen molar-refractivity contribution < 1.29 is 14.3 Å². The molecule has 1 atom stereocenters. The number of methoxy groups -OCH3 is 2. The third kappa shape index (κ3) is 5.74. The fourth-order valence-corrected chi connectivity index (χ4v) is 4.40. The van der Waals surface area contributed by atoms with Crippen molar-refractivity contribution in [2.24, 2.45) is 0 Å². The van der Waals surface area contributed by atoms with E-state index in [4.69, 9.17) is 9.47 Å². The van der Waals surface area contributed by atoms with Crippen molar-refractivity contribution in [1.29, 1.82) is 0 Å². The van der Waals surface area contributed by atoms with Crippen LogP contribution in [0.25, 0.3) is 10.6 Å². The molecule has 0 fully saturated rings. The van der Waals surface area contributed by atoms with Gasteiger partial charge in [0.05, 0.1) is 26.3 Å². The van der Waals surface area contributed by atoms with E-state index < -0.39 is 0 Å². The Labute approximate surface area is 203 Å². The van der Waals surface area contributed by atoms with Crippen LogP contribution in [0.1, 0.15) is 24.2 Å². The highest BCUT2D eigenvalue weighted by atomic mass is 32.1. The van der Waals surface area contributed by atoms with Crippen molar-refractivity contribution in [2.75, 3.05) is 24.9 Å². The number of rotatable bonds is 9. The summed E-state index contributed by atoms with van der Waals surface area (Å²) < 4.78 is 10.7. The number of benzene rings is 3. The molecule has 0 saturated heterocycles. The maximum Gasteiger partial charge on any atom is 0.230 e. The highest BCUT2D eigenvalue weighted by Crippen LogP contribution is 2.33. The van der Waals surface area contributed by atoms with E-state index in [1.54, 1.807) is 14.2 Å². The normalized spacial score (nSPS) is 11.5. The molecular formula is C27H27N3O3S. The van der Waals surface area contributed by atoms with E-state index >= 15 is 0 Å². The molecule has 6 nitrogen and oxygen atoms in total. The lowest BCUT2D eigenvalue weighted by Gasteiger charge is -2.16. The van der Waals surface area contributed by atoms with Crippen LogP contribution in [0.2, 0.25) is 0 Å². The average Bonchev–Trinajstić information content (AvgIpc) is 3.33. The van der Waals surface area contributed by atoms with Crippen LogP contribution in [0, 0.1) is 0 Å². The predicted molar refractivity (Wildman–Crippen MR) is 138 cm³/mol. The van der Waals surface area contributed by atoms with Crippen LogP contribution in [0.15, 0.2) is 78.2 Å². The molecule has 1 amide bonds. The van der Waals surface area contributed by atoms with E-state index in [0.29, 0.717) is 11.5 Å². The van der Waals surface area contributed by atoms with Gasteiger partial charge in [-0.2, -0.15) is 0 Å². The monoisotopic (exact) mass is 473 g/mol. The molecule has 1 heterocycles. The summed E-state index contributed by atoms with van der Waals surface area (Å²) in [7, 11) is 3.21. The molecule has 4 rings (SSSR count). The second kappa shape index (κ2) is 10.9. The smallest absolute Gasteiger partial charge is 0.230 e. The lowest BCUT2D eigenvalue weighted by molar-refractivity contribution is -0.115. The molecule has 2 N–H and O–H groups in total. The van der Waals surface area contributed by atoms with Gasteiger partial charge in [0.15, 0.2) is 11.5 Å². The van der Waals surface area contributed by atoms with Gasteiger partial charge in [0.2, 0.25) is 5.91 Å². The first kappa shape index (κ1) is 23.3. The van der Waals surface area contributed by atoms with Gasteiger partial charge in [-0.3, -0.25) is 4.79 Å². The number of nitrogens with one attached hydrogen (secondary N) is 2. The third-order valence-corrected chi connectivity index (χ3v) is 6.32. The van der Waals surface area contributed by atoms with Gasteiger partial charge in [0.25, 0.3) is 0 Å². The topological polar surface area (TPSA) is 72.5 Å². The Morgan fingerprint density at radius 2 is 1.65 bits per heavy atom. The molecule has 0 aliphatic rings. The van der Waals surface area contributed by atoms with Crippen molar-refractivity contribution in [1.82, 2.24) is 4.98 Å². The SMILES string of the molecule is COc1ccc(-c2nc(CC(=O)Nc3ccc(NC(C)c4ccccc4)cc3)cs2)cc1OC. The fraction of sp³-hybridized carbons (Fsp3) is 0.185. The second-order valence-electron chi connectivity index (χ2n) is 7.79. The Hall–Kier alpha value is -3.84. The lowest BCUT2D eigenvalue weighted by Crippen LogP contribution is -2.14. The molecule has 0 bridgehead atoms. The summed E-state index contributed by atoms with van der Waals surface area (Å²) in [4.78, 5) is 17.2. The summed E-state index contributed by atoms with van der Waals surface area (Å²) in [5.74, 6) is 1.20. The minimum absolute atomic E-state index is 0.109. The Morgan fingerprint density at radius 3 is 2.35 bits per heavy atom. The van der Waals surface area contributed by atoms with Crippen molar-refractivity contribution in [3.8, 4) is 22.1 Å². The molecule has 0 aliphatic carbocycles. The van der Waals surface area contributed by atoms with Crippen molar-refractivity contribution in [3.63, 3.8) is 0 Å². The van der Waals surface area contributed by atoms with Crippen molar-refractivity contribution >= 4 is 28.6 Å². The van der Waals surface area contributed by atoms with E-state index in [1.165, 1.54) is 16.9 Å². The standard InChI is InChI=1S/C27H27N3O3S/c1-18(19-7-5-4-6-8-19)28-21-10-12-22(13-11-21)29-26(31)16-23-17-34-27(30-23)20-9-14-24(32-2)25(15-20)33-3/h4-15,17-18,28H,16H2,1-3H3,(H,29,31). The van der Waals surface area contributed by atoms with Gasteiger partial charge in [-0.05, 0) is 55.0 Å². The molecule has 0 radical (unpaired) electrons. The van der Waals surface area contributed by atoms with Gasteiger partial charge < -0.3 is 20.1 Å². The van der Waals surface area contributed by atoms with Crippen LogP contribution < -0.4 is 20.1 Å². The number of hydrogen-bond acceptors (Lipinski definition) is 6. The number of ether oxygens (including phenoxy) is 2. The van der Waals surface area contributed by atoms with E-state index in [0.717, 1.165) is 27.6 Å². The van der Waals surface area contributed by atoms with Gasteiger partial charge in [-0.15, -0.1) is 11.3 Å². The van der Waals surface area contributed by atoms with Gasteiger partial charge in [0.1, 0.15) is 5.01 Å². The largest absolute Gasteiger partial charge is 0.493 e. The number of carbonyl (C=O) groups is 1. The van der Waals surface area contributed by atoms with Gasteiger partial charge >= 0.3 is 0 Å². The maximum atomic E-state index is 12.6. The molecule has 3 aromatic carbocycles. The summed E-state index contributed by atoms with van der Waals surface area (Å²) in [6.45, 7) is 2.12. The van der Waals surface area contributed by atoms with Crippen molar-refractivity contribution in [2.45, 2.75) is 19.4 Å². The zero-order chi connectivity index (χ0) is 23.9. The van der Waals surface area contributed by atoms with E-state index in [9.17, 15) is 4.79 Å². The molecule has 7 heteroatoms. The first-order chi connectivity index (χ1) is 16.6. The first-order valence-electron chi connectivity index (χ1n) is 10.9. The molecule has 1 unspecified atom stereocenters. The van der Waals surface area contributed by atoms with Gasteiger partial charge in [0, 0.05) is 28.4 Å². The van der Waals surface area contributed by atoms with Crippen LogP contribution in [0.5, 0.6) is 11.5 Å². The van der Waals surface area contributed by atoms with Crippen LogP contribution in [-0.2, 0) is 11.2 Å². The molecule has 0 saturated carbocycles. The van der Waals surface area contributed by atoms with Crippen LogP contribution >= 0.6 is 11.3 Å². The third-order valence-electron chi connectivity index (χ3n) is 5.38. The molecular weight excluding hydrogens is 446 g/mol. The zero-order valence-corrected chi connectivity index (χ0v) is 20.2. The first-order valence-corrected chi connectivity index (χ1v) is 11.8. The maximum absolute atomic E-state index is 12.6. The Balaban J connectivity index is 1.34. The number of thiazole rings is 1. The minimum Gasteiger partial charge on any atom is -0.493 e. The quantitative estimate of drug-likeness (QED) is 0.304. The molecule has 34 heavy (non-hydrogen) atoms. The van der Waals surface area contributed by atoms with Crippen molar-refractivity contribution in [3.05, 3.63) is 89.4 Å².